The van der Waals surface area contributed by atoms with E-state index in [2.05, 4.69) is 0 Å². The number of carbonyl (C=O) groups is 1. The molecular weight excluding hydrogens is 230 g/mol. The second-order valence-corrected chi connectivity index (χ2v) is 4.73. The van der Waals surface area contributed by atoms with Crippen molar-refractivity contribution in [1.29, 1.82) is 0 Å². The fraction of sp³-hybridized carbons (Fsp3) is 0.500. The average Bonchev–Trinajstić information content (AvgIpc) is 2.31. The van der Waals surface area contributed by atoms with Crippen LogP contribution in [0.1, 0.15) is 18.1 Å². The molecule has 18 heavy (non-hydrogen) atoms. The first-order valence-corrected chi connectivity index (χ1v) is 5.96. The Hall–Kier alpha value is -1.71. The van der Waals surface area contributed by atoms with Gasteiger partial charge >= 0.3 is 5.97 Å². The molecule has 0 radical (unpaired) electrons. The third-order valence-corrected chi connectivity index (χ3v) is 3.18. The number of benzene rings is 1. The molecule has 0 saturated carbocycles. The van der Waals surface area contributed by atoms with Crippen molar-refractivity contribution < 1.29 is 14.6 Å². The van der Waals surface area contributed by atoms with Gasteiger partial charge in [-0.05, 0) is 37.1 Å². The molecule has 1 aromatic carbocycles. The monoisotopic (exact) mass is 251 g/mol. The SMILES string of the molecule is COc1cc(C)c(C)cc1N(C)CC(C)C(=O)O. The first-order chi connectivity index (χ1) is 8.36. The van der Waals surface area contributed by atoms with Gasteiger partial charge in [0.15, 0.2) is 0 Å². The predicted octanol–water partition coefficient (Wildman–Crippen LogP) is 2.47. The molecule has 0 aliphatic rings. The van der Waals surface area contributed by atoms with Crippen LogP contribution in [0, 0.1) is 19.8 Å². The van der Waals surface area contributed by atoms with Gasteiger partial charge in [0.25, 0.3) is 0 Å². The molecule has 1 rings (SSSR count). The summed E-state index contributed by atoms with van der Waals surface area (Å²) in [5.74, 6) is -0.427. The van der Waals surface area contributed by atoms with E-state index in [0.717, 1.165) is 17.0 Å². The number of nitrogens with zero attached hydrogens (tertiary/aromatic N) is 1. The van der Waals surface area contributed by atoms with Crippen molar-refractivity contribution in [3.8, 4) is 5.75 Å². The van der Waals surface area contributed by atoms with Crippen molar-refractivity contribution in [3.05, 3.63) is 23.3 Å². The summed E-state index contributed by atoms with van der Waals surface area (Å²) in [4.78, 5) is 12.8. The molecule has 0 aliphatic heterocycles. The molecule has 0 amide bonds. The number of carboxylic acid groups (broad SMARTS) is 1. The van der Waals surface area contributed by atoms with Gasteiger partial charge in [0.2, 0.25) is 0 Å². The maximum atomic E-state index is 10.9. The van der Waals surface area contributed by atoms with E-state index >= 15 is 0 Å². The maximum absolute atomic E-state index is 10.9. The molecule has 0 bridgehead atoms. The van der Waals surface area contributed by atoms with Gasteiger partial charge in [-0.1, -0.05) is 6.92 Å². The number of methoxy groups -OCH3 is 1. The average molecular weight is 251 g/mol. The highest BCUT2D eigenvalue weighted by Crippen LogP contribution is 2.31. The Morgan fingerprint density at radius 2 is 1.94 bits per heavy atom. The third-order valence-electron chi connectivity index (χ3n) is 3.18. The molecule has 0 heterocycles. The molecule has 0 spiro atoms. The van der Waals surface area contributed by atoms with Crippen LogP contribution in [0.15, 0.2) is 12.1 Å². The van der Waals surface area contributed by atoms with Gasteiger partial charge in [-0.3, -0.25) is 4.79 Å². The summed E-state index contributed by atoms with van der Waals surface area (Å²) >= 11 is 0. The van der Waals surface area contributed by atoms with E-state index in [0.29, 0.717) is 6.54 Å². The number of hydrogen-bond acceptors (Lipinski definition) is 3. The molecule has 4 heteroatoms. The lowest BCUT2D eigenvalue weighted by atomic mass is 10.1. The van der Waals surface area contributed by atoms with Crippen LogP contribution < -0.4 is 9.64 Å². The summed E-state index contributed by atoms with van der Waals surface area (Å²) in [5.41, 5.74) is 3.25. The Morgan fingerprint density at radius 1 is 1.39 bits per heavy atom. The van der Waals surface area contributed by atoms with E-state index in [1.165, 1.54) is 5.56 Å². The van der Waals surface area contributed by atoms with Crippen LogP contribution in [0.25, 0.3) is 0 Å². The van der Waals surface area contributed by atoms with E-state index in [9.17, 15) is 4.79 Å². The van der Waals surface area contributed by atoms with E-state index in [4.69, 9.17) is 9.84 Å². The minimum atomic E-state index is -0.787. The maximum Gasteiger partial charge on any atom is 0.308 e. The number of anilines is 1. The Balaban J connectivity index is 3.01. The number of ether oxygens (including phenoxy) is 1. The number of aliphatic carboxylic acids is 1. The molecule has 1 atom stereocenters. The van der Waals surface area contributed by atoms with Crippen molar-refractivity contribution >= 4 is 11.7 Å². The normalized spacial score (nSPS) is 12.1. The van der Waals surface area contributed by atoms with Crippen LogP contribution in [0.2, 0.25) is 0 Å². The van der Waals surface area contributed by atoms with E-state index < -0.39 is 11.9 Å². The van der Waals surface area contributed by atoms with Crippen molar-refractivity contribution in [2.45, 2.75) is 20.8 Å². The van der Waals surface area contributed by atoms with Crippen LogP contribution in [0.4, 0.5) is 5.69 Å². The van der Waals surface area contributed by atoms with Gasteiger partial charge in [-0.15, -0.1) is 0 Å². The fourth-order valence-electron chi connectivity index (χ4n) is 1.82. The molecule has 0 saturated heterocycles. The molecule has 100 valence electrons. The van der Waals surface area contributed by atoms with E-state index in [-0.39, 0.29) is 0 Å². The van der Waals surface area contributed by atoms with Gasteiger partial charge in [0.05, 0.1) is 18.7 Å². The number of rotatable bonds is 5. The van der Waals surface area contributed by atoms with E-state index in [1.807, 2.05) is 37.9 Å². The van der Waals surface area contributed by atoms with Crippen LogP contribution in [0.3, 0.4) is 0 Å². The summed E-state index contributed by atoms with van der Waals surface area (Å²) in [5, 5.41) is 8.95. The van der Waals surface area contributed by atoms with Crippen molar-refractivity contribution in [2.75, 3.05) is 25.6 Å². The summed E-state index contributed by atoms with van der Waals surface area (Å²) in [6.45, 7) is 6.22. The Labute approximate surface area is 108 Å². The Bertz CT molecular complexity index is 443. The van der Waals surface area contributed by atoms with Crippen LogP contribution in [-0.2, 0) is 4.79 Å². The topological polar surface area (TPSA) is 49.8 Å². The molecule has 0 aliphatic carbocycles. The van der Waals surface area contributed by atoms with Gasteiger partial charge < -0.3 is 14.7 Å². The molecular formula is C14H21NO3. The lowest BCUT2D eigenvalue weighted by Gasteiger charge is -2.24. The highest BCUT2D eigenvalue weighted by atomic mass is 16.5. The predicted molar refractivity (Wildman–Crippen MR) is 72.5 cm³/mol. The lowest BCUT2D eigenvalue weighted by molar-refractivity contribution is -0.140. The van der Waals surface area contributed by atoms with Gasteiger partial charge in [0, 0.05) is 13.6 Å². The molecule has 0 aromatic heterocycles. The second kappa shape index (κ2) is 5.76. The standard InChI is InChI=1S/C14H21NO3/c1-9-6-12(13(18-5)7-10(9)2)15(4)8-11(3)14(16)17/h6-7,11H,8H2,1-5H3,(H,16,17). The lowest BCUT2D eigenvalue weighted by Crippen LogP contribution is -2.28. The van der Waals surface area contributed by atoms with Crippen LogP contribution in [-0.4, -0.2) is 31.8 Å². The first kappa shape index (κ1) is 14.4. The number of hydrogen-bond donors (Lipinski definition) is 1. The highest BCUT2D eigenvalue weighted by Gasteiger charge is 2.17. The zero-order valence-corrected chi connectivity index (χ0v) is 11.7. The first-order valence-electron chi connectivity index (χ1n) is 5.96. The third kappa shape index (κ3) is 3.15. The van der Waals surface area contributed by atoms with Crippen molar-refractivity contribution in [1.82, 2.24) is 0 Å². The fourth-order valence-corrected chi connectivity index (χ4v) is 1.82. The zero-order valence-electron chi connectivity index (χ0n) is 11.7. The smallest absolute Gasteiger partial charge is 0.308 e. The summed E-state index contributed by atoms with van der Waals surface area (Å²) in [7, 11) is 3.51. The second-order valence-electron chi connectivity index (χ2n) is 4.73. The molecule has 4 nitrogen and oxygen atoms in total. The number of carboxylic acids is 1. The van der Waals surface area contributed by atoms with Crippen LogP contribution >= 0.6 is 0 Å². The minimum Gasteiger partial charge on any atom is -0.495 e. The summed E-state index contributed by atoms with van der Waals surface area (Å²) in [6, 6.07) is 4.01. The molecule has 1 N–H and O–H groups in total. The molecule has 1 aromatic rings. The van der Waals surface area contributed by atoms with Crippen molar-refractivity contribution in [3.63, 3.8) is 0 Å². The molecule has 0 fully saturated rings. The van der Waals surface area contributed by atoms with Gasteiger partial charge in [-0.25, -0.2) is 0 Å². The summed E-state index contributed by atoms with van der Waals surface area (Å²) in [6.07, 6.45) is 0. The highest BCUT2D eigenvalue weighted by molar-refractivity contribution is 5.71. The zero-order chi connectivity index (χ0) is 13.9. The van der Waals surface area contributed by atoms with Crippen molar-refractivity contribution in [2.24, 2.45) is 5.92 Å². The minimum absolute atomic E-state index is 0.415. The Kier molecular flexibility index (Phi) is 4.59. The summed E-state index contributed by atoms with van der Waals surface area (Å²) < 4.78 is 5.36. The van der Waals surface area contributed by atoms with Gasteiger partial charge in [-0.2, -0.15) is 0 Å². The quantitative estimate of drug-likeness (QED) is 0.873. The largest absolute Gasteiger partial charge is 0.495 e. The number of aryl methyl sites for hydroxylation is 2. The Morgan fingerprint density at radius 3 is 2.44 bits per heavy atom. The van der Waals surface area contributed by atoms with E-state index in [1.54, 1.807) is 14.0 Å². The van der Waals surface area contributed by atoms with Gasteiger partial charge in [0.1, 0.15) is 5.75 Å². The van der Waals surface area contributed by atoms with Crippen LogP contribution in [0.5, 0.6) is 5.75 Å². The molecule has 1 unspecified atom stereocenters.